The van der Waals surface area contributed by atoms with Crippen LogP contribution < -0.4 is 10.5 Å². The first-order chi connectivity index (χ1) is 15.7. The highest BCUT2D eigenvalue weighted by Gasteiger charge is 2.12. The summed E-state index contributed by atoms with van der Waals surface area (Å²) in [6.45, 7) is 1.73. The molecule has 0 bridgehead atoms. The number of amidine groups is 1. The number of hydrogen-bond acceptors (Lipinski definition) is 8. The summed E-state index contributed by atoms with van der Waals surface area (Å²) in [5.74, 6) is -0.425. The highest BCUT2D eigenvalue weighted by atomic mass is 16.7. The number of ether oxygens (including phenoxy) is 1. The van der Waals surface area contributed by atoms with E-state index in [1.165, 1.54) is 42.5 Å². The lowest BCUT2D eigenvalue weighted by atomic mass is 10.1. The quantitative estimate of drug-likeness (QED) is 0.178. The number of hydrogen-bond donors (Lipinski definition) is 1. The van der Waals surface area contributed by atoms with Gasteiger partial charge in [-0.15, -0.1) is 0 Å². The van der Waals surface area contributed by atoms with E-state index in [-0.39, 0.29) is 29.4 Å². The first-order valence-electron chi connectivity index (χ1n) is 9.51. The van der Waals surface area contributed by atoms with Gasteiger partial charge in [0.1, 0.15) is 12.4 Å². The van der Waals surface area contributed by atoms with Crippen LogP contribution in [0.15, 0.2) is 71.9 Å². The van der Waals surface area contributed by atoms with Crippen LogP contribution in [0, 0.1) is 27.2 Å². The van der Waals surface area contributed by atoms with Gasteiger partial charge in [0.2, 0.25) is 0 Å². The van der Waals surface area contributed by atoms with Crippen LogP contribution in [0.1, 0.15) is 27.0 Å². The maximum atomic E-state index is 12.3. The number of nitrogens with zero attached hydrogens (tertiary/aromatic N) is 3. The summed E-state index contributed by atoms with van der Waals surface area (Å²) in [6, 6.07) is 16.2. The van der Waals surface area contributed by atoms with Crippen molar-refractivity contribution in [3.8, 4) is 5.75 Å². The van der Waals surface area contributed by atoms with Gasteiger partial charge in [0.25, 0.3) is 11.4 Å². The lowest BCUT2D eigenvalue weighted by molar-refractivity contribution is -0.385. The van der Waals surface area contributed by atoms with Crippen molar-refractivity contribution in [2.24, 2.45) is 10.9 Å². The predicted molar refractivity (Wildman–Crippen MR) is 118 cm³/mol. The molecule has 0 heterocycles. The Kier molecular flexibility index (Phi) is 6.94. The summed E-state index contributed by atoms with van der Waals surface area (Å²) in [7, 11) is 0. The van der Waals surface area contributed by atoms with Crippen molar-refractivity contribution >= 4 is 23.2 Å². The van der Waals surface area contributed by atoms with Crippen molar-refractivity contribution in [2.75, 3.05) is 0 Å². The van der Waals surface area contributed by atoms with Gasteiger partial charge in [0.15, 0.2) is 5.84 Å². The van der Waals surface area contributed by atoms with Crippen molar-refractivity contribution < 1.29 is 24.2 Å². The van der Waals surface area contributed by atoms with Gasteiger partial charge >= 0.3 is 5.97 Å². The molecule has 0 aliphatic heterocycles. The fourth-order valence-electron chi connectivity index (χ4n) is 2.83. The molecule has 168 valence electrons. The lowest BCUT2D eigenvalue weighted by Gasteiger charge is -2.08. The van der Waals surface area contributed by atoms with E-state index in [4.69, 9.17) is 15.3 Å². The highest BCUT2D eigenvalue weighted by molar-refractivity contribution is 5.98. The Morgan fingerprint density at radius 1 is 0.970 bits per heavy atom. The number of rotatable bonds is 8. The Bertz CT molecular complexity index is 1240. The van der Waals surface area contributed by atoms with Crippen molar-refractivity contribution in [1.82, 2.24) is 0 Å². The molecule has 0 atom stereocenters. The average Bonchev–Trinajstić information content (AvgIpc) is 2.81. The van der Waals surface area contributed by atoms with E-state index in [1.807, 2.05) is 0 Å². The van der Waals surface area contributed by atoms with E-state index in [0.717, 1.165) is 0 Å². The number of nitrogens with two attached hydrogens (primary N) is 1. The maximum absolute atomic E-state index is 12.3. The smallest absolute Gasteiger partial charge is 0.365 e. The fourth-order valence-corrected chi connectivity index (χ4v) is 2.83. The molecule has 3 aromatic rings. The number of nitro groups is 2. The van der Waals surface area contributed by atoms with Crippen molar-refractivity contribution in [3.63, 3.8) is 0 Å². The molecule has 0 aliphatic rings. The van der Waals surface area contributed by atoms with Crippen molar-refractivity contribution in [2.45, 2.75) is 13.5 Å². The van der Waals surface area contributed by atoms with Crippen LogP contribution in [0.25, 0.3) is 0 Å². The minimum atomic E-state index is -0.757. The first-order valence-corrected chi connectivity index (χ1v) is 9.51. The Morgan fingerprint density at radius 3 is 2.33 bits per heavy atom. The minimum absolute atomic E-state index is 0.000599. The van der Waals surface area contributed by atoms with Gasteiger partial charge in [-0.05, 0) is 48.9 Å². The average molecular weight is 450 g/mol. The minimum Gasteiger partial charge on any atom is -0.489 e. The molecule has 33 heavy (non-hydrogen) atoms. The van der Waals surface area contributed by atoms with Crippen LogP contribution >= 0.6 is 0 Å². The number of benzene rings is 3. The lowest BCUT2D eigenvalue weighted by Crippen LogP contribution is -2.15. The maximum Gasteiger partial charge on any atom is 0.365 e. The van der Waals surface area contributed by atoms with Crippen molar-refractivity contribution in [3.05, 3.63) is 109 Å². The van der Waals surface area contributed by atoms with Gasteiger partial charge in [-0.2, -0.15) is 0 Å². The molecular weight excluding hydrogens is 432 g/mol. The molecule has 3 aromatic carbocycles. The zero-order chi connectivity index (χ0) is 24.0. The summed E-state index contributed by atoms with van der Waals surface area (Å²) in [4.78, 5) is 37.8. The van der Waals surface area contributed by atoms with Gasteiger partial charge < -0.3 is 15.3 Å². The van der Waals surface area contributed by atoms with Crippen molar-refractivity contribution in [1.29, 1.82) is 0 Å². The van der Waals surface area contributed by atoms with Crippen LogP contribution in [-0.4, -0.2) is 21.7 Å². The molecule has 3 rings (SSSR count). The number of oxime groups is 1. The monoisotopic (exact) mass is 450 g/mol. The molecule has 0 spiro atoms. The Balaban J connectivity index is 1.63. The molecule has 0 unspecified atom stereocenters. The fraction of sp³-hybridized carbons (Fsp3) is 0.0909. The summed E-state index contributed by atoms with van der Waals surface area (Å²) in [5.41, 5.74) is 7.36. The Morgan fingerprint density at radius 2 is 1.70 bits per heavy atom. The van der Waals surface area contributed by atoms with E-state index >= 15 is 0 Å². The Hall–Kier alpha value is -4.80. The summed E-state index contributed by atoms with van der Waals surface area (Å²) < 4.78 is 5.65. The number of carbonyl (C=O) groups excluding carboxylic acids is 1. The molecule has 0 aromatic heterocycles. The van der Waals surface area contributed by atoms with Crippen LogP contribution in [0.4, 0.5) is 11.4 Å². The summed E-state index contributed by atoms with van der Waals surface area (Å²) >= 11 is 0. The number of nitro benzene ring substituents is 2. The van der Waals surface area contributed by atoms with E-state index in [9.17, 15) is 25.0 Å². The third-order valence-electron chi connectivity index (χ3n) is 4.53. The SMILES string of the molecule is Cc1cc(OCc2cccc(C(=O)O/N=C(\N)c3ccc([N+](=O)[O-])cc3)c2)ccc1[N+](=O)[O-]. The first kappa shape index (κ1) is 22.9. The topological polar surface area (TPSA) is 160 Å². The predicted octanol–water partition coefficient (Wildman–Crippen LogP) is 3.87. The molecule has 0 saturated carbocycles. The van der Waals surface area contributed by atoms with Gasteiger partial charge in [-0.25, -0.2) is 4.79 Å². The highest BCUT2D eigenvalue weighted by Crippen LogP contribution is 2.24. The Labute approximate surface area is 187 Å². The van der Waals surface area contributed by atoms with Gasteiger partial charge in [-0.3, -0.25) is 20.2 Å². The second kappa shape index (κ2) is 10.0. The zero-order valence-electron chi connectivity index (χ0n) is 17.3. The van der Waals surface area contributed by atoms with Crippen LogP contribution in [0.2, 0.25) is 0 Å². The normalized spacial score (nSPS) is 11.0. The largest absolute Gasteiger partial charge is 0.489 e. The second-order valence-corrected chi connectivity index (χ2v) is 6.85. The molecule has 0 radical (unpaired) electrons. The third-order valence-corrected chi connectivity index (χ3v) is 4.53. The second-order valence-electron chi connectivity index (χ2n) is 6.85. The number of aryl methyl sites for hydroxylation is 1. The van der Waals surface area contributed by atoms with E-state index in [1.54, 1.807) is 31.2 Å². The van der Waals surface area contributed by atoms with Gasteiger partial charge in [0.05, 0.1) is 15.4 Å². The molecule has 0 fully saturated rings. The third kappa shape index (κ3) is 5.88. The number of carbonyl (C=O) groups is 1. The van der Waals surface area contributed by atoms with Crippen LogP contribution in [0.5, 0.6) is 5.75 Å². The van der Waals surface area contributed by atoms with Gasteiger partial charge in [0, 0.05) is 29.3 Å². The standard InChI is InChI=1S/C22H18N4O7/c1-14-11-19(9-10-20(14)26(30)31)32-13-15-3-2-4-17(12-15)22(27)33-24-21(23)16-5-7-18(8-6-16)25(28)29/h2-12H,13H2,1H3,(H2,23,24). The molecule has 11 heteroatoms. The van der Waals surface area contributed by atoms with Crippen LogP contribution in [-0.2, 0) is 11.4 Å². The molecule has 0 aliphatic carbocycles. The molecule has 0 saturated heterocycles. The van der Waals surface area contributed by atoms with Crippen LogP contribution in [0.3, 0.4) is 0 Å². The van der Waals surface area contributed by atoms with E-state index in [0.29, 0.717) is 22.4 Å². The number of non-ortho nitro benzene ring substituents is 1. The van der Waals surface area contributed by atoms with E-state index < -0.39 is 15.8 Å². The summed E-state index contributed by atoms with van der Waals surface area (Å²) in [6.07, 6.45) is 0. The molecule has 2 N–H and O–H groups in total. The zero-order valence-corrected chi connectivity index (χ0v) is 17.3. The van der Waals surface area contributed by atoms with Gasteiger partial charge in [-0.1, -0.05) is 17.3 Å². The summed E-state index contributed by atoms with van der Waals surface area (Å²) in [5, 5.41) is 25.2. The molecular formula is C22H18N4O7. The van der Waals surface area contributed by atoms with E-state index in [2.05, 4.69) is 5.16 Å². The molecule has 11 nitrogen and oxygen atoms in total. The molecule has 0 amide bonds.